The van der Waals surface area contributed by atoms with E-state index in [2.05, 4.69) is 4.98 Å². The van der Waals surface area contributed by atoms with Gasteiger partial charge in [0, 0.05) is 46.1 Å². The predicted molar refractivity (Wildman–Crippen MR) is 125 cm³/mol. The van der Waals surface area contributed by atoms with Crippen molar-refractivity contribution in [3.63, 3.8) is 0 Å². The molecule has 0 aliphatic heterocycles. The second-order valence-corrected chi connectivity index (χ2v) is 10.1. The van der Waals surface area contributed by atoms with Crippen molar-refractivity contribution in [3.8, 4) is 17.9 Å². The normalized spacial score (nSPS) is 11.2. The summed E-state index contributed by atoms with van der Waals surface area (Å²) in [5, 5.41) is 18.4. The third kappa shape index (κ3) is 5.65. The van der Waals surface area contributed by atoms with E-state index >= 15 is 0 Å². The summed E-state index contributed by atoms with van der Waals surface area (Å²) in [6.45, 7) is -0.0280. The zero-order valence-corrected chi connectivity index (χ0v) is 19.7. The number of fused-ring (bicyclic) bond motifs is 1. The Kier molecular flexibility index (Phi) is 7.61. The monoisotopic (exact) mass is 483 g/mol. The summed E-state index contributed by atoms with van der Waals surface area (Å²) in [4.78, 5) is 18.9. The van der Waals surface area contributed by atoms with Crippen LogP contribution in [0.4, 0.5) is 5.13 Å². The number of anilines is 1. The van der Waals surface area contributed by atoms with E-state index in [-0.39, 0.29) is 36.4 Å². The molecule has 0 N–H and O–H groups in total. The van der Waals surface area contributed by atoms with Gasteiger partial charge in [0.15, 0.2) is 5.13 Å². The van der Waals surface area contributed by atoms with Crippen molar-refractivity contribution in [2.75, 3.05) is 32.1 Å². The molecule has 0 aliphatic carbocycles. The maximum atomic E-state index is 12.9. The standard InChI is InChI=1S/C22H21N5O4S2/c1-26(2)22-25-19-10-7-17(15-20(19)32-22)31-21(28)16-5-8-18(9-6-16)33(29,30)27(13-3-11-23)14-4-12-24/h5-10,15H,3-4,13-14H2,1-2H3. The number of carbonyl (C=O) groups is 1. The number of thiazole rings is 1. The number of hydrogen-bond acceptors (Lipinski definition) is 9. The molecular weight excluding hydrogens is 462 g/mol. The third-order valence-corrected chi connectivity index (χ3v) is 7.71. The summed E-state index contributed by atoms with van der Waals surface area (Å²) in [6.07, 6.45) is 0.0183. The number of nitrogens with zero attached hydrogens (tertiary/aromatic N) is 5. The van der Waals surface area contributed by atoms with Crippen LogP contribution in [0.2, 0.25) is 0 Å². The van der Waals surface area contributed by atoms with Gasteiger partial charge in [-0.1, -0.05) is 11.3 Å². The highest BCUT2D eigenvalue weighted by atomic mass is 32.2. The SMILES string of the molecule is CN(C)c1nc2ccc(OC(=O)c3ccc(S(=O)(=O)N(CCC#N)CCC#N)cc3)cc2s1. The largest absolute Gasteiger partial charge is 0.423 e. The summed E-state index contributed by atoms with van der Waals surface area (Å²) in [6, 6.07) is 14.3. The molecule has 0 atom stereocenters. The van der Waals surface area contributed by atoms with Gasteiger partial charge >= 0.3 is 5.97 Å². The Labute approximate surface area is 196 Å². The van der Waals surface area contributed by atoms with Crippen LogP contribution in [0.3, 0.4) is 0 Å². The van der Waals surface area contributed by atoms with Crippen LogP contribution in [-0.4, -0.2) is 50.9 Å². The van der Waals surface area contributed by atoms with Crippen molar-refractivity contribution in [1.82, 2.24) is 9.29 Å². The van der Waals surface area contributed by atoms with Gasteiger partial charge in [-0.15, -0.1) is 0 Å². The van der Waals surface area contributed by atoms with Crippen molar-refractivity contribution in [2.45, 2.75) is 17.7 Å². The van der Waals surface area contributed by atoms with Crippen LogP contribution in [0.5, 0.6) is 5.75 Å². The lowest BCUT2D eigenvalue weighted by Gasteiger charge is -2.20. The van der Waals surface area contributed by atoms with Gasteiger partial charge in [0.05, 0.1) is 32.8 Å². The molecule has 11 heteroatoms. The fourth-order valence-corrected chi connectivity index (χ4v) is 5.29. The predicted octanol–water partition coefficient (Wildman–Crippen LogP) is 3.40. The molecule has 2 aromatic carbocycles. The first-order valence-electron chi connectivity index (χ1n) is 9.90. The van der Waals surface area contributed by atoms with Crippen molar-refractivity contribution >= 4 is 42.7 Å². The number of rotatable bonds is 9. The first-order valence-corrected chi connectivity index (χ1v) is 12.2. The molecule has 0 aliphatic rings. The van der Waals surface area contributed by atoms with Gasteiger partial charge in [-0.3, -0.25) is 0 Å². The lowest BCUT2D eigenvalue weighted by Crippen LogP contribution is -2.32. The van der Waals surface area contributed by atoms with Crippen molar-refractivity contribution in [3.05, 3.63) is 48.0 Å². The van der Waals surface area contributed by atoms with E-state index in [0.717, 1.165) is 19.7 Å². The van der Waals surface area contributed by atoms with E-state index in [1.807, 2.05) is 31.1 Å². The van der Waals surface area contributed by atoms with Gasteiger partial charge in [-0.05, 0) is 36.4 Å². The summed E-state index contributed by atoms with van der Waals surface area (Å²) < 4.78 is 33.2. The average Bonchev–Trinajstić information content (AvgIpc) is 3.23. The highest BCUT2D eigenvalue weighted by Crippen LogP contribution is 2.30. The molecule has 0 spiro atoms. The molecule has 0 radical (unpaired) electrons. The molecule has 9 nitrogen and oxygen atoms in total. The number of benzene rings is 2. The second kappa shape index (κ2) is 10.4. The Morgan fingerprint density at radius 3 is 2.27 bits per heavy atom. The molecular formula is C22H21N5O4S2. The highest BCUT2D eigenvalue weighted by molar-refractivity contribution is 7.89. The van der Waals surface area contributed by atoms with E-state index in [0.29, 0.717) is 5.75 Å². The topological polar surface area (TPSA) is 127 Å². The summed E-state index contributed by atoms with van der Waals surface area (Å²) >= 11 is 1.47. The number of nitriles is 2. The van der Waals surface area contributed by atoms with E-state index in [1.54, 1.807) is 18.2 Å². The Bertz CT molecular complexity index is 1320. The molecule has 0 unspecified atom stereocenters. The Morgan fingerprint density at radius 2 is 1.70 bits per heavy atom. The van der Waals surface area contributed by atoms with Gasteiger partial charge in [0.1, 0.15) is 5.75 Å². The van der Waals surface area contributed by atoms with E-state index in [9.17, 15) is 13.2 Å². The maximum absolute atomic E-state index is 12.9. The van der Waals surface area contributed by atoms with Crippen LogP contribution in [0.15, 0.2) is 47.4 Å². The Balaban J connectivity index is 1.76. The average molecular weight is 484 g/mol. The molecule has 1 heterocycles. The summed E-state index contributed by atoms with van der Waals surface area (Å²) in [7, 11) is -0.111. The molecule has 3 rings (SSSR count). The number of sulfonamides is 1. The minimum Gasteiger partial charge on any atom is -0.423 e. The maximum Gasteiger partial charge on any atom is 0.343 e. The molecule has 170 valence electrons. The molecule has 1 aromatic heterocycles. The van der Waals surface area contributed by atoms with Gasteiger partial charge in [0.2, 0.25) is 10.0 Å². The number of esters is 1. The summed E-state index contributed by atoms with van der Waals surface area (Å²) in [5.41, 5.74) is 0.989. The van der Waals surface area contributed by atoms with Crippen LogP contribution in [0.25, 0.3) is 10.2 Å². The summed E-state index contributed by atoms with van der Waals surface area (Å²) in [5.74, 6) is -0.265. The van der Waals surface area contributed by atoms with E-state index < -0.39 is 16.0 Å². The first kappa shape index (κ1) is 24.1. The van der Waals surface area contributed by atoms with Crippen LogP contribution in [0, 0.1) is 22.7 Å². The van der Waals surface area contributed by atoms with Crippen LogP contribution < -0.4 is 9.64 Å². The number of aromatic nitrogens is 1. The van der Waals surface area contributed by atoms with E-state index in [1.165, 1.54) is 35.6 Å². The zero-order chi connectivity index (χ0) is 24.0. The number of ether oxygens (including phenoxy) is 1. The van der Waals surface area contributed by atoms with Crippen molar-refractivity contribution in [2.24, 2.45) is 0 Å². The fraction of sp³-hybridized carbons (Fsp3) is 0.273. The van der Waals surface area contributed by atoms with Crippen molar-refractivity contribution < 1.29 is 17.9 Å². The highest BCUT2D eigenvalue weighted by Gasteiger charge is 2.24. The fourth-order valence-electron chi connectivity index (χ4n) is 2.93. The molecule has 0 saturated carbocycles. The second-order valence-electron chi connectivity index (χ2n) is 7.15. The van der Waals surface area contributed by atoms with Crippen LogP contribution >= 0.6 is 11.3 Å². The third-order valence-electron chi connectivity index (χ3n) is 4.62. The first-order chi connectivity index (χ1) is 15.8. The minimum atomic E-state index is -3.91. The Morgan fingerprint density at radius 1 is 1.06 bits per heavy atom. The van der Waals surface area contributed by atoms with Gasteiger partial charge in [0.25, 0.3) is 0 Å². The molecule has 0 fully saturated rings. The molecule has 0 amide bonds. The van der Waals surface area contributed by atoms with Gasteiger partial charge in [-0.25, -0.2) is 18.2 Å². The molecule has 0 saturated heterocycles. The van der Waals surface area contributed by atoms with Gasteiger partial charge < -0.3 is 9.64 Å². The number of carbonyl (C=O) groups excluding carboxylic acids is 1. The minimum absolute atomic E-state index is 0.00914. The smallest absolute Gasteiger partial charge is 0.343 e. The lowest BCUT2D eigenvalue weighted by atomic mass is 10.2. The van der Waals surface area contributed by atoms with Gasteiger partial charge in [-0.2, -0.15) is 14.8 Å². The Hall–Kier alpha value is -3.51. The van der Waals surface area contributed by atoms with Crippen LogP contribution in [0.1, 0.15) is 23.2 Å². The van der Waals surface area contributed by atoms with E-state index in [4.69, 9.17) is 15.3 Å². The molecule has 33 heavy (non-hydrogen) atoms. The molecule has 0 bridgehead atoms. The quantitative estimate of drug-likeness (QED) is 0.335. The number of hydrogen-bond donors (Lipinski definition) is 0. The van der Waals surface area contributed by atoms with Crippen molar-refractivity contribution in [1.29, 1.82) is 10.5 Å². The molecule has 3 aromatic rings. The lowest BCUT2D eigenvalue weighted by molar-refractivity contribution is 0.0735. The van der Waals surface area contributed by atoms with Crippen LogP contribution in [-0.2, 0) is 10.0 Å². The zero-order valence-electron chi connectivity index (χ0n) is 18.1.